The lowest BCUT2D eigenvalue weighted by Gasteiger charge is -2.29. The molecular weight excluding hydrogens is 1040 g/mol. The van der Waals surface area contributed by atoms with Crippen LogP contribution < -0.4 is 53.6 Å². The molecule has 3 fully saturated rings. The SMILES string of the molecule is NC(=O)CC[C@@H]1NC(=O)/C=C/C(=O)N[C@H](C(=O)NCCOCCOCCNC(=O)CCCCC2SCC3NC(=O)NC32)CCCCNC(=O)[C@@H](Cc2ccc(C(=O)c3ccccc3)cc2)NC(=O)[C@H](CC2CCCCC2)NC1=O. The summed E-state index contributed by atoms with van der Waals surface area (Å²) in [5.41, 5.74) is 7.04. The highest BCUT2D eigenvalue weighted by molar-refractivity contribution is 8.00. The molecule has 0 bridgehead atoms. The van der Waals surface area contributed by atoms with Gasteiger partial charge in [-0.1, -0.05) is 93.1 Å². The van der Waals surface area contributed by atoms with E-state index in [0.29, 0.717) is 54.4 Å². The Balaban J connectivity index is 1.01. The number of unbranched alkanes of at least 4 members (excludes halogenated alkanes) is 1. The van der Waals surface area contributed by atoms with Crippen molar-refractivity contribution in [2.75, 3.05) is 51.8 Å². The van der Waals surface area contributed by atoms with Gasteiger partial charge in [0.25, 0.3) is 0 Å². The first-order valence-electron chi connectivity index (χ1n) is 27.8. The zero-order valence-corrected chi connectivity index (χ0v) is 45.6. The number of carbonyl (C=O) groups excluding carboxylic acids is 10. The first kappa shape index (κ1) is 61.4. The number of primary amides is 1. The molecule has 23 heteroatoms. The standard InChI is InChI=1S/C56H78N10O12S/c57-46(67)23-22-41-54(74)64-43(33-36-11-3-1-4-12-36)55(75)63-42(34-37-18-20-39(21-19-37)51(71)38-13-5-2-6-14-38)53(73)59-26-10-9-15-40(61-48(69)24-25-49(70)62-41)52(72)60-28-30-78-32-31-77-29-27-58-47(68)17-8-7-16-45-50-44(35-79-45)65-56(76)66-50/h2,5-6,13-14,18-21,24-25,36,40-45,50H,1,3-4,7-12,15-17,22-23,26-35H2,(H2,57,67)(H,58,68)(H,59,73)(H,60,72)(H,61,69)(H,62,70)(H,63,75)(H,64,74)(H2,65,66,76)/b25-24+/t40-,41-,42+,43-,44?,45?,50?/m0/s1. The van der Waals surface area contributed by atoms with E-state index < -0.39 is 65.5 Å². The molecule has 3 heterocycles. The summed E-state index contributed by atoms with van der Waals surface area (Å²) in [6, 6.07) is 11.1. The molecule has 430 valence electrons. The number of nitrogens with two attached hydrogens (primary N) is 1. The number of rotatable bonds is 24. The average molecular weight is 1120 g/mol. The number of hydrogen-bond acceptors (Lipinski definition) is 13. The second kappa shape index (κ2) is 32.9. The Kier molecular flexibility index (Phi) is 25.6. The van der Waals surface area contributed by atoms with Crippen LogP contribution in [-0.4, -0.2) is 152 Å². The van der Waals surface area contributed by atoms with Crippen LogP contribution in [0.15, 0.2) is 66.7 Å². The molecule has 1 saturated carbocycles. The van der Waals surface area contributed by atoms with Crippen molar-refractivity contribution in [2.45, 2.75) is 144 Å². The normalized spacial score (nSPS) is 24.0. The summed E-state index contributed by atoms with van der Waals surface area (Å²) in [6.45, 7) is 1.47. The van der Waals surface area contributed by atoms with E-state index >= 15 is 0 Å². The van der Waals surface area contributed by atoms with Crippen molar-refractivity contribution in [1.29, 1.82) is 0 Å². The van der Waals surface area contributed by atoms with Crippen molar-refractivity contribution in [2.24, 2.45) is 11.7 Å². The highest BCUT2D eigenvalue weighted by Gasteiger charge is 2.42. The molecule has 79 heavy (non-hydrogen) atoms. The smallest absolute Gasteiger partial charge is 0.315 e. The Morgan fingerprint density at radius 2 is 1.28 bits per heavy atom. The second-order valence-corrected chi connectivity index (χ2v) is 21.7. The van der Waals surface area contributed by atoms with Crippen LogP contribution in [0.25, 0.3) is 0 Å². The first-order chi connectivity index (χ1) is 38.2. The number of hydrogen-bond donors (Lipinski definition) is 10. The molecule has 3 unspecified atom stereocenters. The maximum atomic E-state index is 14.4. The number of amides is 10. The van der Waals surface area contributed by atoms with Gasteiger partial charge in [-0.2, -0.15) is 11.8 Å². The third kappa shape index (κ3) is 21.4. The number of benzene rings is 2. The molecule has 2 aromatic carbocycles. The topological polar surface area (TPSA) is 323 Å². The molecule has 22 nitrogen and oxygen atoms in total. The highest BCUT2D eigenvalue weighted by Crippen LogP contribution is 2.33. The molecule has 0 aromatic heterocycles. The highest BCUT2D eigenvalue weighted by atomic mass is 32.2. The Morgan fingerprint density at radius 1 is 0.620 bits per heavy atom. The zero-order valence-electron chi connectivity index (χ0n) is 44.8. The molecule has 0 spiro atoms. The maximum absolute atomic E-state index is 14.4. The Labute approximate surface area is 465 Å². The van der Waals surface area contributed by atoms with Gasteiger partial charge in [0, 0.05) is 73.2 Å². The molecule has 0 radical (unpaired) electrons. The Hall–Kier alpha value is -6.85. The van der Waals surface area contributed by atoms with E-state index in [1.54, 1.807) is 48.5 Å². The number of thioether (sulfide) groups is 1. The number of ether oxygens (including phenoxy) is 2. The lowest BCUT2D eigenvalue weighted by atomic mass is 9.84. The van der Waals surface area contributed by atoms with Crippen molar-refractivity contribution in [1.82, 2.24) is 47.9 Å². The van der Waals surface area contributed by atoms with Gasteiger partial charge in [0.2, 0.25) is 47.3 Å². The molecule has 4 aliphatic rings. The number of carbonyl (C=O) groups is 10. The number of ketones is 1. The van der Waals surface area contributed by atoms with Gasteiger partial charge < -0.3 is 63.1 Å². The van der Waals surface area contributed by atoms with E-state index in [2.05, 4.69) is 47.9 Å². The van der Waals surface area contributed by atoms with E-state index in [1.165, 1.54) is 0 Å². The average Bonchev–Trinajstić information content (AvgIpc) is 4.03. The van der Waals surface area contributed by atoms with Crippen LogP contribution in [0.1, 0.15) is 118 Å². The van der Waals surface area contributed by atoms with Gasteiger partial charge in [-0.3, -0.25) is 43.2 Å². The molecule has 1 aliphatic carbocycles. The van der Waals surface area contributed by atoms with Crippen LogP contribution in [0, 0.1) is 5.92 Å². The van der Waals surface area contributed by atoms with Gasteiger partial charge in [0.05, 0.1) is 38.5 Å². The van der Waals surface area contributed by atoms with E-state index in [9.17, 15) is 47.9 Å². The Bertz CT molecular complexity index is 2420. The summed E-state index contributed by atoms with van der Waals surface area (Å²) >= 11 is 1.85. The van der Waals surface area contributed by atoms with Gasteiger partial charge >= 0.3 is 6.03 Å². The molecule has 3 aliphatic heterocycles. The van der Waals surface area contributed by atoms with Crippen molar-refractivity contribution in [3.8, 4) is 0 Å². The fraction of sp³-hybridized carbons (Fsp3) is 0.571. The van der Waals surface area contributed by atoms with Crippen molar-refractivity contribution in [3.05, 3.63) is 83.4 Å². The van der Waals surface area contributed by atoms with Crippen LogP contribution in [0.4, 0.5) is 4.79 Å². The van der Waals surface area contributed by atoms with E-state index in [-0.39, 0.29) is 101 Å². The summed E-state index contributed by atoms with van der Waals surface area (Å²) in [5.74, 6) is -4.05. The summed E-state index contributed by atoms with van der Waals surface area (Å²) in [4.78, 5) is 131. The van der Waals surface area contributed by atoms with Gasteiger partial charge in [0.15, 0.2) is 5.78 Å². The summed E-state index contributed by atoms with van der Waals surface area (Å²) in [6.07, 6.45) is 10.1. The lowest BCUT2D eigenvalue weighted by molar-refractivity contribution is -0.134. The monoisotopic (exact) mass is 1110 g/mol. The minimum absolute atomic E-state index is 0.0289. The first-order valence-corrected chi connectivity index (χ1v) is 28.8. The number of fused-ring (bicyclic) bond motifs is 1. The van der Waals surface area contributed by atoms with Crippen LogP contribution in [0.2, 0.25) is 0 Å². The quantitative estimate of drug-likeness (QED) is 0.0405. The van der Waals surface area contributed by atoms with Crippen LogP contribution in [0.3, 0.4) is 0 Å². The number of urea groups is 1. The molecule has 6 rings (SSSR count). The van der Waals surface area contributed by atoms with Crippen LogP contribution in [0.5, 0.6) is 0 Å². The molecule has 11 N–H and O–H groups in total. The predicted molar refractivity (Wildman–Crippen MR) is 295 cm³/mol. The third-order valence-electron chi connectivity index (χ3n) is 14.4. The van der Waals surface area contributed by atoms with Crippen LogP contribution >= 0.6 is 11.8 Å². The summed E-state index contributed by atoms with van der Waals surface area (Å²) in [7, 11) is 0. The van der Waals surface area contributed by atoms with Gasteiger partial charge in [-0.05, 0) is 56.4 Å². The van der Waals surface area contributed by atoms with Gasteiger partial charge in [-0.25, -0.2) is 4.79 Å². The summed E-state index contributed by atoms with van der Waals surface area (Å²) < 4.78 is 11.2. The predicted octanol–water partition coefficient (Wildman–Crippen LogP) is 1.48. The minimum atomic E-state index is -1.35. The summed E-state index contributed by atoms with van der Waals surface area (Å²) in [5, 5.41) is 25.6. The molecule has 10 amide bonds. The number of nitrogens with one attached hydrogen (secondary N) is 9. The van der Waals surface area contributed by atoms with E-state index in [4.69, 9.17) is 15.2 Å². The fourth-order valence-corrected chi connectivity index (χ4v) is 11.6. The fourth-order valence-electron chi connectivity index (χ4n) is 10.1. The van der Waals surface area contributed by atoms with Crippen LogP contribution in [-0.2, 0) is 54.3 Å². The minimum Gasteiger partial charge on any atom is -0.377 e. The molecular formula is C56H78N10O12S. The second-order valence-electron chi connectivity index (χ2n) is 20.4. The van der Waals surface area contributed by atoms with E-state index in [1.807, 2.05) is 17.8 Å². The van der Waals surface area contributed by atoms with Gasteiger partial charge in [0.1, 0.15) is 24.2 Å². The van der Waals surface area contributed by atoms with Gasteiger partial charge in [-0.15, -0.1) is 0 Å². The van der Waals surface area contributed by atoms with Crippen molar-refractivity contribution in [3.63, 3.8) is 0 Å². The molecule has 7 atom stereocenters. The van der Waals surface area contributed by atoms with E-state index in [0.717, 1.165) is 69.3 Å². The third-order valence-corrected chi connectivity index (χ3v) is 15.9. The zero-order chi connectivity index (χ0) is 56.4. The lowest BCUT2D eigenvalue weighted by Crippen LogP contribution is -2.57. The van der Waals surface area contributed by atoms with Crippen molar-refractivity contribution < 1.29 is 57.4 Å². The van der Waals surface area contributed by atoms with Crippen molar-refractivity contribution >= 4 is 70.8 Å². The Morgan fingerprint density at radius 3 is 2.00 bits per heavy atom. The largest absolute Gasteiger partial charge is 0.377 e. The maximum Gasteiger partial charge on any atom is 0.315 e. The molecule has 2 aromatic rings. The molecule has 2 saturated heterocycles.